The highest BCUT2D eigenvalue weighted by atomic mass is 16.6. The molecule has 25 heavy (non-hydrogen) atoms. The number of carbonyl (C=O) groups is 1. The Hall–Kier alpha value is -0.610. The lowest BCUT2D eigenvalue weighted by Crippen LogP contribution is -2.09. The first-order chi connectivity index (χ1) is 12.3. The van der Waals surface area contributed by atoms with Gasteiger partial charge in [-0.2, -0.15) is 0 Å². The fourth-order valence-corrected chi connectivity index (χ4v) is 3.38. The van der Waals surface area contributed by atoms with E-state index in [1.165, 1.54) is 70.6 Å². The van der Waals surface area contributed by atoms with Crippen LogP contribution in [-0.2, 0) is 19.0 Å². The first kappa shape index (κ1) is 20.7. The Balaban J connectivity index is 1.27. The summed E-state index contributed by atoms with van der Waals surface area (Å²) in [6.07, 6.45) is 18.4. The normalized spacial score (nSPS) is 24.3. The molecule has 146 valence electrons. The molecule has 0 radical (unpaired) electrons. The van der Waals surface area contributed by atoms with Crippen LogP contribution in [0.15, 0.2) is 0 Å². The van der Waals surface area contributed by atoms with Gasteiger partial charge in [-0.15, -0.1) is 0 Å². The topological polar surface area (TPSA) is 51.4 Å². The molecule has 2 rings (SSSR count). The molecule has 0 aliphatic carbocycles. The van der Waals surface area contributed by atoms with Crippen LogP contribution in [0.2, 0.25) is 0 Å². The van der Waals surface area contributed by atoms with Gasteiger partial charge in [-0.3, -0.25) is 4.79 Å². The Morgan fingerprint density at radius 1 is 0.880 bits per heavy atom. The van der Waals surface area contributed by atoms with Gasteiger partial charge in [0.25, 0.3) is 0 Å². The second-order valence-corrected chi connectivity index (χ2v) is 7.71. The standard InChI is InChI=1S/C21H38O4/c1-2-3-4-5-7-10-13-19-20(25-19)14-11-8-6-9-12-15-21(22)24-17-18-16-23-18/h18-20H,2-17H2,1H3. The minimum absolute atomic E-state index is 0.0700. The highest BCUT2D eigenvalue weighted by molar-refractivity contribution is 5.69. The number of epoxide rings is 2. The van der Waals surface area contributed by atoms with E-state index in [-0.39, 0.29) is 12.1 Å². The lowest BCUT2D eigenvalue weighted by Gasteiger charge is -2.03. The summed E-state index contributed by atoms with van der Waals surface area (Å²) in [6.45, 7) is 3.46. The Bertz CT molecular complexity index is 354. The van der Waals surface area contributed by atoms with Crippen LogP contribution in [0, 0.1) is 0 Å². The molecular weight excluding hydrogens is 316 g/mol. The van der Waals surface area contributed by atoms with Crippen molar-refractivity contribution in [2.45, 2.75) is 115 Å². The molecule has 3 unspecified atom stereocenters. The molecule has 2 heterocycles. The molecule has 0 N–H and O–H groups in total. The van der Waals surface area contributed by atoms with Crippen LogP contribution in [0.4, 0.5) is 0 Å². The summed E-state index contributed by atoms with van der Waals surface area (Å²) in [5.41, 5.74) is 0. The van der Waals surface area contributed by atoms with Gasteiger partial charge in [0.2, 0.25) is 0 Å². The molecule has 0 bridgehead atoms. The van der Waals surface area contributed by atoms with Crippen LogP contribution in [0.25, 0.3) is 0 Å². The molecule has 2 aliphatic rings. The molecule has 0 spiro atoms. The van der Waals surface area contributed by atoms with E-state index in [1.54, 1.807) is 0 Å². The van der Waals surface area contributed by atoms with Crippen molar-refractivity contribution in [3.05, 3.63) is 0 Å². The van der Waals surface area contributed by atoms with E-state index in [0.29, 0.717) is 25.2 Å². The SMILES string of the molecule is CCCCCCCCC1OC1CCCCCCCC(=O)OCC1CO1. The van der Waals surface area contributed by atoms with E-state index in [1.807, 2.05) is 0 Å². The number of hydrogen-bond acceptors (Lipinski definition) is 4. The number of carbonyl (C=O) groups excluding carboxylic acids is 1. The van der Waals surface area contributed by atoms with Gasteiger partial charge in [0.1, 0.15) is 12.7 Å². The van der Waals surface area contributed by atoms with Gasteiger partial charge in [-0.05, 0) is 19.3 Å². The smallest absolute Gasteiger partial charge is 0.305 e. The highest BCUT2D eigenvalue weighted by Gasteiger charge is 2.36. The number of hydrogen-bond donors (Lipinski definition) is 0. The summed E-state index contributed by atoms with van der Waals surface area (Å²) in [4.78, 5) is 11.5. The van der Waals surface area contributed by atoms with Gasteiger partial charge in [0, 0.05) is 6.42 Å². The van der Waals surface area contributed by atoms with Gasteiger partial charge in [0.05, 0.1) is 18.8 Å². The van der Waals surface area contributed by atoms with Crippen LogP contribution in [-0.4, -0.2) is 37.5 Å². The minimum atomic E-state index is -0.0700. The summed E-state index contributed by atoms with van der Waals surface area (Å²) >= 11 is 0. The van der Waals surface area contributed by atoms with Crippen molar-refractivity contribution in [3.8, 4) is 0 Å². The van der Waals surface area contributed by atoms with Crippen molar-refractivity contribution in [1.29, 1.82) is 0 Å². The van der Waals surface area contributed by atoms with Crippen LogP contribution >= 0.6 is 0 Å². The molecule has 2 fully saturated rings. The van der Waals surface area contributed by atoms with E-state index in [4.69, 9.17) is 14.2 Å². The number of esters is 1. The fraction of sp³-hybridized carbons (Fsp3) is 0.952. The maximum absolute atomic E-state index is 11.5. The molecule has 0 saturated carbocycles. The summed E-state index contributed by atoms with van der Waals surface area (Å²) in [5.74, 6) is -0.0700. The zero-order valence-corrected chi connectivity index (χ0v) is 16.2. The molecule has 0 amide bonds. The zero-order valence-electron chi connectivity index (χ0n) is 16.2. The van der Waals surface area contributed by atoms with Crippen molar-refractivity contribution in [2.75, 3.05) is 13.2 Å². The molecule has 0 aromatic heterocycles. The highest BCUT2D eigenvalue weighted by Crippen LogP contribution is 2.31. The predicted molar refractivity (Wildman–Crippen MR) is 99.7 cm³/mol. The largest absolute Gasteiger partial charge is 0.463 e. The second kappa shape index (κ2) is 12.7. The Labute approximate surface area is 154 Å². The van der Waals surface area contributed by atoms with Gasteiger partial charge in [-0.1, -0.05) is 71.1 Å². The van der Waals surface area contributed by atoms with Crippen molar-refractivity contribution in [2.24, 2.45) is 0 Å². The van der Waals surface area contributed by atoms with Gasteiger partial charge >= 0.3 is 5.97 Å². The monoisotopic (exact) mass is 354 g/mol. The van der Waals surface area contributed by atoms with Gasteiger partial charge < -0.3 is 14.2 Å². The number of unbranched alkanes of at least 4 members (excludes halogenated alkanes) is 9. The lowest BCUT2D eigenvalue weighted by molar-refractivity contribution is -0.144. The minimum Gasteiger partial charge on any atom is -0.463 e. The molecule has 0 aromatic carbocycles. The van der Waals surface area contributed by atoms with Crippen molar-refractivity contribution < 1.29 is 19.0 Å². The lowest BCUT2D eigenvalue weighted by atomic mass is 10.0. The van der Waals surface area contributed by atoms with E-state index >= 15 is 0 Å². The summed E-state index contributed by atoms with van der Waals surface area (Å²) < 4.78 is 15.9. The third-order valence-electron chi connectivity index (χ3n) is 5.23. The van der Waals surface area contributed by atoms with E-state index in [9.17, 15) is 4.79 Å². The number of rotatable bonds is 17. The number of ether oxygens (including phenoxy) is 3. The summed E-state index contributed by atoms with van der Waals surface area (Å²) in [6, 6.07) is 0. The van der Waals surface area contributed by atoms with Crippen molar-refractivity contribution >= 4 is 5.97 Å². The Morgan fingerprint density at radius 2 is 1.44 bits per heavy atom. The molecule has 4 heteroatoms. The molecule has 3 atom stereocenters. The molecule has 4 nitrogen and oxygen atoms in total. The van der Waals surface area contributed by atoms with Crippen LogP contribution in [0.1, 0.15) is 96.8 Å². The average molecular weight is 355 g/mol. The van der Waals surface area contributed by atoms with Crippen molar-refractivity contribution in [3.63, 3.8) is 0 Å². The predicted octanol–water partition coefficient (Wildman–Crippen LogP) is 5.18. The average Bonchev–Trinajstić information content (AvgIpc) is 3.52. The van der Waals surface area contributed by atoms with Crippen LogP contribution in [0.5, 0.6) is 0 Å². The van der Waals surface area contributed by atoms with Crippen LogP contribution in [0.3, 0.4) is 0 Å². The zero-order chi connectivity index (χ0) is 17.7. The van der Waals surface area contributed by atoms with Crippen LogP contribution < -0.4 is 0 Å². The van der Waals surface area contributed by atoms with Gasteiger partial charge in [-0.25, -0.2) is 0 Å². The van der Waals surface area contributed by atoms with Gasteiger partial charge in [0.15, 0.2) is 0 Å². The summed E-state index contributed by atoms with van der Waals surface area (Å²) in [7, 11) is 0. The first-order valence-electron chi connectivity index (χ1n) is 10.7. The maximum atomic E-state index is 11.5. The van der Waals surface area contributed by atoms with Crippen molar-refractivity contribution in [1.82, 2.24) is 0 Å². The Kier molecular flexibility index (Phi) is 10.5. The van der Waals surface area contributed by atoms with E-state index < -0.39 is 0 Å². The third kappa shape index (κ3) is 10.9. The molecular formula is C21H38O4. The third-order valence-corrected chi connectivity index (χ3v) is 5.23. The second-order valence-electron chi connectivity index (χ2n) is 7.71. The maximum Gasteiger partial charge on any atom is 0.305 e. The molecule has 0 aromatic rings. The quantitative estimate of drug-likeness (QED) is 0.205. The summed E-state index contributed by atoms with van der Waals surface area (Å²) in [5, 5.41) is 0. The first-order valence-corrected chi connectivity index (χ1v) is 10.7. The van der Waals surface area contributed by atoms with E-state index in [0.717, 1.165) is 19.4 Å². The molecule has 2 saturated heterocycles. The fourth-order valence-electron chi connectivity index (χ4n) is 3.38. The Morgan fingerprint density at radius 3 is 2.04 bits per heavy atom. The van der Waals surface area contributed by atoms with E-state index in [2.05, 4.69) is 6.92 Å². The molecule has 2 aliphatic heterocycles.